The maximum atomic E-state index is 12.8. The first-order valence-electron chi connectivity index (χ1n) is 12.9. The lowest BCUT2D eigenvalue weighted by molar-refractivity contribution is 0.0185. The molecule has 2 fully saturated rings. The second-order valence-electron chi connectivity index (χ2n) is 11.0. The van der Waals surface area contributed by atoms with Gasteiger partial charge in [0, 0.05) is 25.2 Å². The van der Waals surface area contributed by atoms with Crippen LogP contribution >= 0.6 is 0 Å². The molecule has 8 nitrogen and oxygen atoms in total. The highest BCUT2D eigenvalue weighted by molar-refractivity contribution is 5.92. The Morgan fingerprint density at radius 1 is 1.11 bits per heavy atom. The van der Waals surface area contributed by atoms with Crippen LogP contribution in [0.3, 0.4) is 0 Å². The van der Waals surface area contributed by atoms with Gasteiger partial charge in [0.1, 0.15) is 23.1 Å². The maximum Gasteiger partial charge on any atom is 0.410 e. The maximum absolute atomic E-state index is 12.8. The summed E-state index contributed by atoms with van der Waals surface area (Å²) in [6.07, 6.45) is 5.00. The second kappa shape index (κ2) is 10.9. The zero-order valence-corrected chi connectivity index (χ0v) is 21.7. The summed E-state index contributed by atoms with van der Waals surface area (Å²) in [5, 5.41) is 2.99. The minimum atomic E-state index is -0.554. The summed E-state index contributed by atoms with van der Waals surface area (Å²) in [6.45, 7) is 8.48. The van der Waals surface area contributed by atoms with Crippen LogP contribution in [0.25, 0.3) is 0 Å². The van der Waals surface area contributed by atoms with Crippen LogP contribution in [-0.2, 0) is 4.74 Å². The Hall–Kier alpha value is -3.13. The van der Waals surface area contributed by atoms with Crippen molar-refractivity contribution in [3.63, 3.8) is 0 Å². The number of rotatable bonds is 7. The first-order valence-corrected chi connectivity index (χ1v) is 12.9. The third kappa shape index (κ3) is 6.97. The molecule has 2 unspecified atom stereocenters. The number of nitrogens with one attached hydrogen (secondary N) is 1. The van der Waals surface area contributed by atoms with Crippen molar-refractivity contribution in [2.24, 2.45) is 5.73 Å². The van der Waals surface area contributed by atoms with Crippen LogP contribution in [-0.4, -0.2) is 52.7 Å². The Bertz CT molecular complexity index is 1040. The molecule has 3 atom stereocenters. The number of carbonyl (C=O) groups excluding carboxylic acids is 2. The Labute approximate surface area is 213 Å². The molecule has 1 saturated heterocycles. The van der Waals surface area contributed by atoms with Gasteiger partial charge in [-0.05, 0) is 82.6 Å². The van der Waals surface area contributed by atoms with Crippen molar-refractivity contribution in [3.8, 4) is 5.75 Å². The molecular weight excluding hydrogens is 456 g/mol. The molecule has 1 aliphatic carbocycles. The second-order valence-corrected chi connectivity index (χ2v) is 11.0. The molecule has 1 saturated carbocycles. The van der Waals surface area contributed by atoms with Gasteiger partial charge in [0.25, 0.3) is 5.91 Å². The fourth-order valence-corrected chi connectivity index (χ4v) is 4.43. The number of likely N-dealkylation sites (tertiary alicyclic amines) is 1. The highest BCUT2D eigenvalue weighted by Gasteiger charge is 2.29. The molecule has 194 valence electrons. The van der Waals surface area contributed by atoms with E-state index in [1.807, 2.05) is 27.7 Å². The summed E-state index contributed by atoms with van der Waals surface area (Å²) < 4.78 is 11.6. The van der Waals surface area contributed by atoms with Crippen molar-refractivity contribution < 1.29 is 19.1 Å². The number of benzene rings is 1. The topological polar surface area (TPSA) is 107 Å². The van der Waals surface area contributed by atoms with Crippen LogP contribution in [0.5, 0.6) is 5.75 Å². The van der Waals surface area contributed by atoms with Crippen LogP contribution in [0.4, 0.5) is 4.79 Å². The normalized spacial score (nSPS) is 19.8. The van der Waals surface area contributed by atoms with Crippen molar-refractivity contribution in [3.05, 3.63) is 59.4 Å². The number of aromatic nitrogens is 1. The van der Waals surface area contributed by atoms with Crippen LogP contribution in [0.15, 0.2) is 42.6 Å². The standard InChI is InChI=1S/C28H38N4O4/c1-18(29)25(21-11-9-20(10-12-21)19-7-8-19)35-23-13-14-24(30-16-23)26(33)31-22-6-5-15-32(17-22)27(34)36-28(2,3)4/h9-14,16,18-19,22,25H,5-8,15,17,29H2,1-4H3,(H,31,33)/t18?,22-,25?/m0/s1. The van der Waals surface area contributed by atoms with Crippen molar-refractivity contribution in [2.45, 2.75) is 83.1 Å². The van der Waals surface area contributed by atoms with Gasteiger partial charge in [0.05, 0.1) is 6.20 Å². The van der Waals surface area contributed by atoms with E-state index in [1.54, 1.807) is 23.2 Å². The third-order valence-electron chi connectivity index (χ3n) is 6.43. The van der Waals surface area contributed by atoms with Crippen molar-refractivity contribution >= 4 is 12.0 Å². The zero-order valence-electron chi connectivity index (χ0n) is 21.7. The molecule has 2 aromatic rings. The number of pyridine rings is 1. The van der Waals surface area contributed by atoms with E-state index in [-0.39, 0.29) is 30.2 Å². The lowest BCUT2D eigenvalue weighted by Crippen LogP contribution is -2.50. The number of hydrogen-bond acceptors (Lipinski definition) is 6. The number of nitrogens with zero attached hydrogens (tertiary/aromatic N) is 2. The highest BCUT2D eigenvalue weighted by atomic mass is 16.6. The summed E-state index contributed by atoms with van der Waals surface area (Å²) in [7, 11) is 0. The van der Waals surface area contributed by atoms with Gasteiger partial charge >= 0.3 is 6.09 Å². The molecule has 3 N–H and O–H groups in total. The first-order chi connectivity index (χ1) is 17.1. The Kier molecular flexibility index (Phi) is 7.83. The fraction of sp³-hybridized carbons (Fsp3) is 0.536. The number of amides is 2. The molecule has 0 spiro atoms. The van der Waals surface area contributed by atoms with E-state index >= 15 is 0 Å². The largest absolute Gasteiger partial charge is 0.482 e. The van der Waals surface area contributed by atoms with Gasteiger partial charge in [-0.2, -0.15) is 0 Å². The first kappa shape index (κ1) is 25.9. The molecule has 2 amide bonds. The molecule has 0 bridgehead atoms. The van der Waals surface area contributed by atoms with Gasteiger partial charge in [-0.3, -0.25) is 4.79 Å². The van der Waals surface area contributed by atoms with Gasteiger partial charge in [0.2, 0.25) is 0 Å². The van der Waals surface area contributed by atoms with Gasteiger partial charge < -0.3 is 25.4 Å². The minimum Gasteiger partial charge on any atom is -0.482 e. The SMILES string of the molecule is CC(N)C(Oc1ccc(C(=O)N[C@H]2CCCN(C(=O)OC(C)(C)C)C2)nc1)c1ccc(C2CC2)cc1. The van der Waals surface area contributed by atoms with Crippen molar-refractivity contribution in [1.29, 1.82) is 0 Å². The number of piperidine rings is 1. The van der Waals surface area contributed by atoms with Crippen molar-refractivity contribution in [1.82, 2.24) is 15.2 Å². The van der Waals surface area contributed by atoms with Crippen LogP contribution in [0, 0.1) is 0 Å². The van der Waals surface area contributed by atoms with E-state index in [0.717, 1.165) is 18.4 Å². The average Bonchev–Trinajstić information content (AvgIpc) is 3.68. The summed E-state index contributed by atoms with van der Waals surface area (Å²) >= 11 is 0. The summed E-state index contributed by atoms with van der Waals surface area (Å²) in [5.74, 6) is 0.969. The van der Waals surface area contributed by atoms with Gasteiger partial charge in [0.15, 0.2) is 0 Å². The lowest BCUT2D eigenvalue weighted by atomic mass is 10.0. The Balaban J connectivity index is 1.33. The van der Waals surface area contributed by atoms with Gasteiger partial charge in [-0.25, -0.2) is 9.78 Å². The summed E-state index contributed by atoms with van der Waals surface area (Å²) in [6, 6.07) is 11.5. The molecule has 2 aliphatic rings. The predicted molar refractivity (Wildman–Crippen MR) is 138 cm³/mol. The van der Waals surface area contributed by atoms with E-state index in [9.17, 15) is 9.59 Å². The average molecular weight is 495 g/mol. The quantitative estimate of drug-likeness (QED) is 0.585. The van der Waals surface area contributed by atoms with E-state index in [1.165, 1.54) is 18.4 Å². The molecular formula is C28H38N4O4. The molecule has 4 rings (SSSR count). The van der Waals surface area contributed by atoms with E-state index in [2.05, 4.69) is 34.6 Å². The molecule has 1 aliphatic heterocycles. The molecule has 2 heterocycles. The monoisotopic (exact) mass is 494 g/mol. The summed E-state index contributed by atoms with van der Waals surface area (Å²) in [4.78, 5) is 31.2. The van der Waals surface area contributed by atoms with E-state index in [0.29, 0.717) is 30.5 Å². The molecule has 1 aromatic carbocycles. The predicted octanol–water partition coefficient (Wildman–Crippen LogP) is 4.56. The van der Waals surface area contributed by atoms with Crippen molar-refractivity contribution in [2.75, 3.05) is 13.1 Å². The van der Waals surface area contributed by atoms with Crippen LogP contribution < -0.4 is 15.8 Å². The third-order valence-corrected chi connectivity index (χ3v) is 6.43. The van der Waals surface area contributed by atoms with E-state index in [4.69, 9.17) is 15.2 Å². The number of nitrogens with two attached hydrogens (primary N) is 1. The molecule has 1 aromatic heterocycles. The Morgan fingerprint density at radius 3 is 2.42 bits per heavy atom. The summed E-state index contributed by atoms with van der Waals surface area (Å²) in [5.41, 5.74) is 8.35. The van der Waals surface area contributed by atoms with Crippen LogP contribution in [0.2, 0.25) is 0 Å². The number of ether oxygens (including phenoxy) is 2. The smallest absolute Gasteiger partial charge is 0.410 e. The minimum absolute atomic E-state index is 0.155. The zero-order chi connectivity index (χ0) is 25.9. The Morgan fingerprint density at radius 2 is 1.83 bits per heavy atom. The van der Waals surface area contributed by atoms with Crippen LogP contribution in [0.1, 0.15) is 87.0 Å². The highest BCUT2D eigenvalue weighted by Crippen LogP contribution is 2.40. The van der Waals surface area contributed by atoms with Gasteiger partial charge in [-0.15, -0.1) is 0 Å². The number of hydrogen-bond donors (Lipinski definition) is 2. The van der Waals surface area contributed by atoms with Gasteiger partial charge in [-0.1, -0.05) is 24.3 Å². The lowest BCUT2D eigenvalue weighted by Gasteiger charge is -2.34. The fourth-order valence-electron chi connectivity index (χ4n) is 4.43. The molecule has 0 radical (unpaired) electrons. The molecule has 8 heteroatoms. The number of carbonyl (C=O) groups is 2. The van der Waals surface area contributed by atoms with E-state index < -0.39 is 5.60 Å². The molecule has 36 heavy (non-hydrogen) atoms.